The molecule has 0 fully saturated rings. The van der Waals surface area contributed by atoms with Crippen LogP contribution in [0.2, 0.25) is 0 Å². The highest BCUT2D eigenvalue weighted by molar-refractivity contribution is 6.03. The van der Waals surface area contributed by atoms with Gasteiger partial charge in [0, 0.05) is 16.8 Å². The minimum Gasteiger partial charge on any atom is -0.389 e. The van der Waals surface area contributed by atoms with E-state index in [2.05, 4.69) is 10.5 Å². The number of hydrogen-bond donors (Lipinski definition) is 2. The number of hydrogen-bond acceptors (Lipinski definition) is 4. The summed E-state index contributed by atoms with van der Waals surface area (Å²) < 4.78 is 4.87. The van der Waals surface area contributed by atoms with Crippen molar-refractivity contribution in [2.45, 2.75) is 20.0 Å². The quantitative estimate of drug-likeness (QED) is 0.871. The van der Waals surface area contributed by atoms with E-state index in [4.69, 9.17) is 4.52 Å². The lowest BCUT2D eigenvalue weighted by atomic mass is 10.1. The van der Waals surface area contributed by atoms with Gasteiger partial charge in [-0.2, -0.15) is 0 Å². The lowest BCUT2D eigenvalue weighted by molar-refractivity contribution is 0.0986. The average Bonchev–Trinajstić information content (AvgIpc) is 2.76. The molecule has 2 aromatic rings. The van der Waals surface area contributed by atoms with Crippen LogP contribution in [0.25, 0.3) is 0 Å². The molecule has 1 atom stereocenters. The molecule has 0 aliphatic carbocycles. The van der Waals surface area contributed by atoms with Crippen molar-refractivity contribution in [1.82, 2.24) is 5.16 Å². The highest BCUT2D eigenvalue weighted by Crippen LogP contribution is 2.23. The first kappa shape index (κ1) is 12.3. The molecule has 0 spiro atoms. The van der Waals surface area contributed by atoms with Gasteiger partial charge in [0.25, 0.3) is 5.91 Å². The SMILES string of the molecule is Cc1cnoc1C(=O)Nc1ccccc1C(C)O. The molecule has 5 nitrogen and oxygen atoms in total. The first-order chi connectivity index (χ1) is 8.59. The van der Waals surface area contributed by atoms with Crippen molar-refractivity contribution in [1.29, 1.82) is 0 Å². The maximum atomic E-state index is 11.9. The van der Waals surface area contributed by atoms with E-state index in [-0.39, 0.29) is 11.7 Å². The van der Waals surface area contributed by atoms with Crippen molar-refractivity contribution >= 4 is 11.6 Å². The van der Waals surface area contributed by atoms with E-state index in [0.717, 1.165) is 0 Å². The number of aliphatic hydroxyl groups is 1. The van der Waals surface area contributed by atoms with Gasteiger partial charge in [0.15, 0.2) is 0 Å². The zero-order chi connectivity index (χ0) is 13.1. The highest BCUT2D eigenvalue weighted by Gasteiger charge is 2.16. The highest BCUT2D eigenvalue weighted by atomic mass is 16.5. The van der Waals surface area contributed by atoms with E-state index >= 15 is 0 Å². The van der Waals surface area contributed by atoms with Gasteiger partial charge in [0.2, 0.25) is 5.76 Å². The number of aliphatic hydroxyl groups excluding tert-OH is 1. The van der Waals surface area contributed by atoms with Crippen LogP contribution < -0.4 is 5.32 Å². The molecule has 2 N–H and O–H groups in total. The molecule has 1 heterocycles. The first-order valence-electron chi connectivity index (χ1n) is 5.59. The van der Waals surface area contributed by atoms with Gasteiger partial charge in [-0.3, -0.25) is 4.79 Å². The first-order valence-corrected chi connectivity index (χ1v) is 5.59. The number of amides is 1. The number of nitrogens with zero attached hydrogens (tertiary/aromatic N) is 1. The molecule has 0 radical (unpaired) electrons. The summed E-state index contributed by atoms with van der Waals surface area (Å²) in [6.07, 6.45) is 0.826. The molecule has 0 saturated carbocycles. The largest absolute Gasteiger partial charge is 0.389 e. The predicted molar refractivity (Wildman–Crippen MR) is 66.3 cm³/mol. The Morgan fingerprint density at radius 2 is 2.17 bits per heavy atom. The van der Waals surface area contributed by atoms with E-state index in [1.807, 2.05) is 0 Å². The molecule has 94 valence electrons. The van der Waals surface area contributed by atoms with Crippen LogP contribution in [0, 0.1) is 6.92 Å². The van der Waals surface area contributed by atoms with Gasteiger partial charge < -0.3 is 14.9 Å². The second kappa shape index (κ2) is 5.01. The molecule has 1 aromatic carbocycles. The molecule has 0 bridgehead atoms. The third-order valence-corrected chi connectivity index (χ3v) is 2.61. The normalized spacial score (nSPS) is 12.2. The second-order valence-corrected chi connectivity index (χ2v) is 4.06. The Hall–Kier alpha value is -2.14. The van der Waals surface area contributed by atoms with Crippen LogP contribution in [0.1, 0.15) is 34.7 Å². The summed E-state index contributed by atoms with van der Waals surface area (Å²) in [5, 5.41) is 15.9. The van der Waals surface area contributed by atoms with Crippen LogP contribution in [0.5, 0.6) is 0 Å². The molecular formula is C13H14N2O3. The fourth-order valence-corrected chi connectivity index (χ4v) is 1.66. The van der Waals surface area contributed by atoms with Gasteiger partial charge >= 0.3 is 0 Å². The zero-order valence-electron chi connectivity index (χ0n) is 10.2. The summed E-state index contributed by atoms with van der Waals surface area (Å²) in [4.78, 5) is 11.9. The Bertz CT molecular complexity index is 561. The molecule has 5 heteroatoms. The molecular weight excluding hydrogens is 232 g/mol. The molecule has 1 aromatic heterocycles. The number of aromatic nitrogens is 1. The van der Waals surface area contributed by atoms with Crippen molar-refractivity contribution in [3.63, 3.8) is 0 Å². The number of anilines is 1. The zero-order valence-corrected chi connectivity index (χ0v) is 10.2. The summed E-state index contributed by atoms with van der Waals surface area (Å²) in [5.41, 5.74) is 1.89. The fourth-order valence-electron chi connectivity index (χ4n) is 1.66. The molecule has 0 aliphatic heterocycles. The van der Waals surface area contributed by atoms with Crippen LogP contribution in [-0.4, -0.2) is 16.2 Å². The number of rotatable bonds is 3. The molecule has 2 rings (SSSR count). The number of para-hydroxylation sites is 1. The topological polar surface area (TPSA) is 75.4 Å². The van der Waals surface area contributed by atoms with Gasteiger partial charge in [0.05, 0.1) is 12.3 Å². The van der Waals surface area contributed by atoms with Gasteiger partial charge in [-0.05, 0) is 19.9 Å². The smallest absolute Gasteiger partial charge is 0.294 e. The maximum absolute atomic E-state index is 11.9. The molecule has 0 aliphatic rings. The number of carbonyl (C=O) groups is 1. The van der Waals surface area contributed by atoms with Crippen molar-refractivity contribution < 1.29 is 14.4 Å². The summed E-state index contributed by atoms with van der Waals surface area (Å²) in [6, 6.07) is 7.07. The Morgan fingerprint density at radius 1 is 1.44 bits per heavy atom. The van der Waals surface area contributed by atoms with E-state index in [1.54, 1.807) is 38.1 Å². The maximum Gasteiger partial charge on any atom is 0.294 e. The summed E-state index contributed by atoms with van der Waals surface area (Å²) in [6.45, 7) is 3.39. The minimum atomic E-state index is -0.655. The molecule has 18 heavy (non-hydrogen) atoms. The lowest BCUT2D eigenvalue weighted by Crippen LogP contribution is -2.14. The van der Waals surface area contributed by atoms with Gasteiger partial charge in [-0.15, -0.1) is 0 Å². The Labute approximate surface area is 104 Å². The van der Waals surface area contributed by atoms with E-state index in [0.29, 0.717) is 16.8 Å². The van der Waals surface area contributed by atoms with Crippen molar-refractivity contribution in [2.24, 2.45) is 0 Å². The number of aryl methyl sites for hydroxylation is 1. The van der Waals surface area contributed by atoms with Crippen LogP contribution in [0.15, 0.2) is 35.0 Å². The molecule has 0 saturated heterocycles. The Kier molecular flexibility index (Phi) is 3.43. The van der Waals surface area contributed by atoms with Gasteiger partial charge in [0.1, 0.15) is 0 Å². The number of nitrogens with one attached hydrogen (secondary N) is 1. The molecule has 1 amide bonds. The van der Waals surface area contributed by atoms with Crippen LogP contribution >= 0.6 is 0 Å². The van der Waals surface area contributed by atoms with Crippen molar-refractivity contribution in [2.75, 3.05) is 5.32 Å². The fraction of sp³-hybridized carbons (Fsp3) is 0.231. The standard InChI is InChI=1S/C13H14N2O3/c1-8-7-14-18-12(8)13(17)15-11-6-4-3-5-10(11)9(2)16/h3-7,9,16H,1-2H3,(H,15,17). The minimum absolute atomic E-state index is 0.176. The van der Waals surface area contributed by atoms with Crippen molar-refractivity contribution in [3.8, 4) is 0 Å². The third kappa shape index (κ3) is 2.41. The van der Waals surface area contributed by atoms with Crippen LogP contribution in [-0.2, 0) is 0 Å². The van der Waals surface area contributed by atoms with Gasteiger partial charge in [-0.25, -0.2) is 0 Å². The number of benzene rings is 1. The number of carbonyl (C=O) groups excluding carboxylic acids is 1. The van der Waals surface area contributed by atoms with Crippen LogP contribution in [0.3, 0.4) is 0 Å². The second-order valence-electron chi connectivity index (χ2n) is 4.06. The van der Waals surface area contributed by atoms with Crippen LogP contribution in [0.4, 0.5) is 5.69 Å². The summed E-state index contributed by atoms with van der Waals surface area (Å²) >= 11 is 0. The van der Waals surface area contributed by atoms with E-state index in [9.17, 15) is 9.90 Å². The van der Waals surface area contributed by atoms with Gasteiger partial charge in [-0.1, -0.05) is 23.4 Å². The summed E-state index contributed by atoms with van der Waals surface area (Å²) in [7, 11) is 0. The van der Waals surface area contributed by atoms with E-state index in [1.165, 1.54) is 6.20 Å². The summed E-state index contributed by atoms with van der Waals surface area (Å²) in [5.74, 6) is -0.200. The molecule has 1 unspecified atom stereocenters. The third-order valence-electron chi connectivity index (χ3n) is 2.61. The van der Waals surface area contributed by atoms with Crippen molar-refractivity contribution in [3.05, 3.63) is 47.3 Å². The Balaban J connectivity index is 2.25. The predicted octanol–water partition coefficient (Wildman–Crippen LogP) is 2.29. The lowest BCUT2D eigenvalue weighted by Gasteiger charge is -2.12. The van der Waals surface area contributed by atoms with E-state index < -0.39 is 6.10 Å². The Morgan fingerprint density at radius 3 is 2.78 bits per heavy atom. The average molecular weight is 246 g/mol. The monoisotopic (exact) mass is 246 g/mol.